The van der Waals surface area contributed by atoms with Crippen molar-refractivity contribution in [1.82, 2.24) is 0 Å². The number of esters is 2. The summed E-state index contributed by atoms with van der Waals surface area (Å²) in [4.78, 5) is 37.3. The van der Waals surface area contributed by atoms with Crippen LogP contribution in [0.5, 0.6) is 0 Å². The van der Waals surface area contributed by atoms with Crippen molar-refractivity contribution < 1.29 is 42.9 Å². The Hall–Kier alpha value is -3.01. The monoisotopic (exact) mass is 1070 g/mol. The number of hydrogen-bond acceptors (Lipinski definition) is 7. The van der Waals surface area contributed by atoms with Gasteiger partial charge in [0.25, 0.3) is 6.29 Å². The molecule has 0 bridgehead atoms. The molecule has 0 aliphatic heterocycles. The van der Waals surface area contributed by atoms with Gasteiger partial charge in [-0.2, -0.15) is 0 Å². The number of likely N-dealkylation sites (N-methyl/N-ethyl adjacent to an activating group) is 1. The third kappa shape index (κ3) is 58.7. The molecule has 0 saturated heterocycles. The highest BCUT2D eigenvalue weighted by Gasteiger charge is 2.25. The zero-order valence-electron chi connectivity index (χ0n) is 50.4. The van der Waals surface area contributed by atoms with E-state index in [0.29, 0.717) is 17.4 Å². The molecule has 2 unspecified atom stereocenters. The van der Waals surface area contributed by atoms with Gasteiger partial charge in [0.2, 0.25) is 0 Å². The Bertz CT molecular complexity index is 1430. The van der Waals surface area contributed by atoms with Gasteiger partial charge < -0.3 is 28.5 Å². The van der Waals surface area contributed by atoms with Crippen LogP contribution in [-0.2, 0) is 33.3 Å². The summed E-state index contributed by atoms with van der Waals surface area (Å²) in [7, 11) is 5.97. The van der Waals surface area contributed by atoms with E-state index in [9.17, 15) is 19.5 Å². The SMILES string of the molecule is CC/C=C\C/C=C\C/C=C\C/C=C\C/C=C\CCCCCCCCCCCCCCCCCCCCCCCCCCCC(=O)OC(COC(=O)CCCCCCCCCCCC)COC(OCC[N+](C)(C)C)C(=O)O. The molecule has 2 atom stereocenters. The minimum atomic E-state index is -1.51. The van der Waals surface area contributed by atoms with Gasteiger partial charge in [-0.25, -0.2) is 4.79 Å². The van der Waals surface area contributed by atoms with Gasteiger partial charge in [0.1, 0.15) is 13.2 Å². The van der Waals surface area contributed by atoms with Crippen molar-refractivity contribution in [1.29, 1.82) is 0 Å². The van der Waals surface area contributed by atoms with Crippen molar-refractivity contribution in [2.75, 3.05) is 47.5 Å². The maximum Gasteiger partial charge on any atom is 0.361 e. The molecule has 0 aromatic carbocycles. The molecule has 0 fully saturated rings. The van der Waals surface area contributed by atoms with Crippen LogP contribution in [0.25, 0.3) is 0 Å². The molecule has 9 nitrogen and oxygen atoms in total. The average Bonchev–Trinajstić information content (AvgIpc) is 3.39. The third-order valence-corrected chi connectivity index (χ3v) is 14.0. The van der Waals surface area contributed by atoms with Crippen molar-refractivity contribution >= 4 is 17.9 Å². The summed E-state index contributed by atoms with van der Waals surface area (Å²) >= 11 is 0. The second-order valence-electron chi connectivity index (χ2n) is 22.7. The molecule has 0 aliphatic rings. The number of aliphatic carboxylic acids is 1. The molecule has 9 heteroatoms. The molecule has 76 heavy (non-hydrogen) atoms. The summed E-state index contributed by atoms with van der Waals surface area (Å²) in [6.45, 7) is 4.77. The van der Waals surface area contributed by atoms with Gasteiger partial charge in [-0.05, 0) is 57.8 Å². The molecular weight excluding hydrogens is 947 g/mol. The lowest BCUT2D eigenvalue weighted by Gasteiger charge is -2.25. The first-order valence-electron chi connectivity index (χ1n) is 32.0. The van der Waals surface area contributed by atoms with Crippen LogP contribution in [-0.4, -0.2) is 87.4 Å². The lowest BCUT2D eigenvalue weighted by atomic mass is 10.0. The molecular formula is C67H122NO8+. The second kappa shape index (κ2) is 58.1. The van der Waals surface area contributed by atoms with E-state index in [1.165, 1.54) is 193 Å². The first-order valence-corrected chi connectivity index (χ1v) is 32.0. The Balaban J connectivity index is 3.86. The van der Waals surface area contributed by atoms with Gasteiger partial charge in [-0.3, -0.25) is 9.59 Å². The number of hydrogen-bond donors (Lipinski definition) is 1. The van der Waals surface area contributed by atoms with E-state index in [4.69, 9.17) is 18.9 Å². The average molecular weight is 1070 g/mol. The quantitative estimate of drug-likeness (QED) is 0.0211. The first-order chi connectivity index (χ1) is 37.1. The van der Waals surface area contributed by atoms with Crippen molar-refractivity contribution in [3.8, 4) is 0 Å². The lowest BCUT2D eigenvalue weighted by Crippen LogP contribution is -2.40. The normalized spacial score (nSPS) is 13.1. The van der Waals surface area contributed by atoms with Crippen molar-refractivity contribution in [2.24, 2.45) is 0 Å². The smallest absolute Gasteiger partial charge is 0.361 e. The molecule has 0 radical (unpaired) electrons. The summed E-state index contributed by atoms with van der Waals surface area (Å²) < 4.78 is 22.8. The number of carboxylic acid groups (broad SMARTS) is 1. The van der Waals surface area contributed by atoms with Crippen LogP contribution in [0.15, 0.2) is 60.8 Å². The fourth-order valence-electron chi connectivity index (χ4n) is 9.16. The van der Waals surface area contributed by atoms with Gasteiger partial charge in [-0.15, -0.1) is 0 Å². The summed E-state index contributed by atoms with van der Waals surface area (Å²) in [5.41, 5.74) is 0. The number of ether oxygens (including phenoxy) is 4. The highest BCUT2D eigenvalue weighted by molar-refractivity contribution is 5.71. The standard InChI is InChI=1S/C67H121NO8/c1-6-8-10-12-14-16-18-19-20-21-22-23-24-25-26-27-28-29-30-31-32-33-34-35-36-37-38-39-40-41-42-43-44-45-46-47-48-50-52-54-56-58-65(70)76-63(62-75-67(66(71)72)73-60-59-68(3,4)5)61-74-64(69)57-55-53-51-49-17-15-13-11-9-7-2/h8,10,14,16,19-20,22-23,25-26,63,67H,6-7,9,11-13,15,17-18,21,24,27-62H2,1-5H3/p+1/b10-8-,16-14-,20-19-,23-22-,26-25-. The van der Waals surface area contributed by atoms with Crippen LogP contribution in [0.3, 0.4) is 0 Å². The van der Waals surface area contributed by atoms with Crippen molar-refractivity contribution in [3.05, 3.63) is 60.8 Å². The molecule has 0 saturated carbocycles. The molecule has 0 spiro atoms. The van der Waals surface area contributed by atoms with Crippen LogP contribution < -0.4 is 0 Å². The van der Waals surface area contributed by atoms with Crippen LogP contribution in [0.2, 0.25) is 0 Å². The number of carboxylic acids is 1. The van der Waals surface area contributed by atoms with E-state index < -0.39 is 18.4 Å². The largest absolute Gasteiger partial charge is 0.477 e. The van der Waals surface area contributed by atoms with E-state index in [-0.39, 0.29) is 38.2 Å². The fraction of sp³-hybridized carbons (Fsp3) is 0.806. The number of allylic oxidation sites excluding steroid dienone is 10. The molecule has 0 aromatic rings. The van der Waals surface area contributed by atoms with E-state index in [2.05, 4.69) is 74.6 Å². The number of carbonyl (C=O) groups excluding carboxylic acids is 2. The van der Waals surface area contributed by atoms with E-state index in [1.54, 1.807) is 0 Å². The van der Waals surface area contributed by atoms with E-state index in [1.807, 2.05) is 21.1 Å². The van der Waals surface area contributed by atoms with Gasteiger partial charge in [0.05, 0.1) is 34.4 Å². The van der Waals surface area contributed by atoms with Crippen molar-refractivity contribution in [3.63, 3.8) is 0 Å². The van der Waals surface area contributed by atoms with Crippen LogP contribution in [0, 0.1) is 0 Å². The molecule has 1 N–H and O–H groups in total. The molecule has 0 aliphatic carbocycles. The number of quaternary nitrogens is 1. The summed E-state index contributed by atoms with van der Waals surface area (Å²) in [6.07, 6.45) is 72.1. The van der Waals surface area contributed by atoms with Gasteiger partial charge in [0.15, 0.2) is 6.10 Å². The van der Waals surface area contributed by atoms with E-state index in [0.717, 1.165) is 70.6 Å². The van der Waals surface area contributed by atoms with Crippen molar-refractivity contribution in [2.45, 2.75) is 302 Å². The number of rotatable bonds is 59. The predicted octanol–water partition coefficient (Wildman–Crippen LogP) is 19.2. The number of unbranched alkanes of at least 4 members (excludes halogenated alkanes) is 34. The Morgan fingerprint density at radius 3 is 1.12 bits per heavy atom. The summed E-state index contributed by atoms with van der Waals surface area (Å²) in [5.74, 6) is -1.99. The Kier molecular flexibility index (Phi) is 55.8. The Labute approximate surface area is 469 Å². The Morgan fingerprint density at radius 1 is 0.408 bits per heavy atom. The summed E-state index contributed by atoms with van der Waals surface area (Å²) in [5, 5.41) is 9.68. The lowest BCUT2D eigenvalue weighted by molar-refractivity contribution is -0.870. The third-order valence-electron chi connectivity index (χ3n) is 14.0. The topological polar surface area (TPSA) is 108 Å². The van der Waals surface area contributed by atoms with Crippen LogP contribution in [0.1, 0.15) is 290 Å². The molecule has 0 amide bonds. The Morgan fingerprint density at radius 2 is 0.750 bits per heavy atom. The van der Waals surface area contributed by atoms with Gasteiger partial charge >= 0.3 is 17.9 Å². The number of carbonyl (C=O) groups is 3. The van der Waals surface area contributed by atoms with Crippen LogP contribution in [0.4, 0.5) is 0 Å². The maximum absolute atomic E-state index is 12.9. The molecule has 0 heterocycles. The van der Waals surface area contributed by atoms with Gasteiger partial charge in [-0.1, -0.05) is 280 Å². The molecule has 0 rings (SSSR count). The first kappa shape index (κ1) is 73.0. The minimum Gasteiger partial charge on any atom is -0.477 e. The number of nitrogens with zero attached hydrogens (tertiary/aromatic N) is 1. The zero-order chi connectivity index (χ0) is 55.5. The van der Waals surface area contributed by atoms with Crippen LogP contribution >= 0.6 is 0 Å². The second-order valence-corrected chi connectivity index (χ2v) is 22.7. The highest BCUT2D eigenvalue weighted by atomic mass is 16.7. The van der Waals surface area contributed by atoms with E-state index >= 15 is 0 Å². The highest BCUT2D eigenvalue weighted by Crippen LogP contribution is 2.18. The minimum absolute atomic E-state index is 0.177. The fourth-order valence-corrected chi connectivity index (χ4v) is 9.16. The van der Waals surface area contributed by atoms with Gasteiger partial charge in [0, 0.05) is 12.8 Å². The zero-order valence-corrected chi connectivity index (χ0v) is 50.4. The summed E-state index contributed by atoms with van der Waals surface area (Å²) in [6, 6.07) is 0. The maximum atomic E-state index is 12.9. The molecule has 442 valence electrons. The molecule has 0 aromatic heterocycles. The predicted molar refractivity (Wildman–Crippen MR) is 323 cm³/mol.